The zero-order valence-corrected chi connectivity index (χ0v) is 18.4. The van der Waals surface area contributed by atoms with E-state index in [9.17, 15) is 18.0 Å². The van der Waals surface area contributed by atoms with Crippen LogP contribution in [-0.4, -0.2) is 67.1 Å². The molecule has 1 aromatic heterocycles. The molecule has 0 saturated carbocycles. The second kappa shape index (κ2) is 10.7. The number of rotatable bonds is 7. The number of nitrogens with zero attached hydrogens (tertiary/aromatic N) is 4. The van der Waals surface area contributed by atoms with Gasteiger partial charge in [0, 0.05) is 46.0 Å². The maximum Gasteiger partial charge on any atom is 0.417 e. The molecule has 1 aliphatic rings. The van der Waals surface area contributed by atoms with Gasteiger partial charge in [-0.1, -0.05) is 12.1 Å². The van der Waals surface area contributed by atoms with Crippen LogP contribution in [0.1, 0.15) is 24.5 Å². The van der Waals surface area contributed by atoms with E-state index in [4.69, 9.17) is 4.74 Å². The summed E-state index contributed by atoms with van der Waals surface area (Å²) in [5.74, 6) is 1.36. The molecule has 0 radical (unpaired) electrons. The molecule has 0 aliphatic carbocycles. The highest BCUT2D eigenvalue weighted by Crippen LogP contribution is 2.29. The van der Waals surface area contributed by atoms with Gasteiger partial charge in [-0.15, -0.1) is 0 Å². The minimum Gasteiger partial charge on any atom is -0.494 e. The van der Waals surface area contributed by atoms with E-state index in [1.54, 1.807) is 11.9 Å². The van der Waals surface area contributed by atoms with Crippen LogP contribution in [0.3, 0.4) is 0 Å². The van der Waals surface area contributed by atoms with E-state index in [2.05, 4.69) is 9.88 Å². The first-order chi connectivity index (χ1) is 15.3. The molecule has 0 unspecified atom stereocenters. The molecule has 0 bridgehead atoms. The maximum absolute atomic E-state index is 12.7. The number of aromatic nitrogens is 1. The van der Waals surface area contributed by atoms with Gasteiger partial charge in [-0.25, -0.2) is 4.98 Å². The second-order valence-corrected chi connectivity index (χ2v) is 7.85. The van der Waals surface area contributed by atoms with Gasteiger partial charge in [0.15, 0.2) is 0 Å². The lowest BCUT2D eigenvalue weighted by atomic mass is 10.2. The molecule has 174 valence electrons. The van der Waals surface area contributed by atoms with Crippen molar-refractivity contribution in [1.29, 1.82) is 0 Å². The van der Waals surface area contributed by atoms with Crippen molar-refractivity contribution in [3.8, 4) is 5.75 Å². The molecule has 9 heteroatoms. The lowest BCUT2D eigenvalue weighted by Crippen LogP contribution is -2.40. The Morgan fingerprint density at radius 1 is 1.09 bits per heavy atom. The van der Waals surface area contributed by atoms with Crippen LogP contribution in [0, 0.1) is 0 Å². The van der Waals surface area contributed by atoms with Gasteiger partial charge < -0.3 is 14.5 Å². The zero-order chi connectivity index (χ0) is 23.1. The molecule has 3 rings (SSSR count). The van der Waals surface area contributed by atoms with Crippen LogP contribution in [0.25, 0.3) is 0 Å². The first-order valence-electron chi connectivity index (χ1n) is 10.7. The zero-order valence-electron chi connectivity index (χ0n) is 18.4. The highest BCUT2D eigenvalue weighted by molar-refractivity contribution is 5.78. The summed E-state index contributed by atoms with van der Waals surface area (Å²) in [4.78, 5) is 22.5. The van der Waals surface area contributed by atoms with E-state index in [0.717, 1.165) is 36.5 Å². The number of benzene rings is 1. The van der Waals surface area contributed by atoms with E-state index >= 15 is 0 Å². The Bertz CT molecular complexity index is 872. The molecular weight excluding hydrogens is 421 g/mol. The molecule has 0 N–H and O–H groups in total. The van der Waals surface area contributed by atoms with Crippen molar-refractivity contribution in [2.24, 2.45) is 0 Å². The number of ether oxygens (including phenoxy) is 1. The van der Waals surface area contributed by atoms with E-state index in [0.29, 0.717) is 45.1 Å². The molecule has 6 nitrogen and oxygen atoms in total. The van der Waals surface area contributed by atoms with Crippen LogP contribution < -0.4 is 9.64 Å². The van der Waals surface area contributed by atoms with Crippen LogP contribution in [0.2, 0.25) is 0 Å². The van der Waals surface area contributed by atoms with Gasteiger partial charge in [-0.3, -0.25) is 9.69 Å². The fourth-order valence-electron chi connectivity index (χ4n) is 3.63. The summed E-state index contributed by atoms with van der Waals surface area (Å²) < 4.78 is 43.7. The summed E-state index contributed by atoms with van der Waals surface area (Å²) in [6.45, 7) is 6.05. The van der Waals surface area contributed by atoms with Gasteiger partial charge in [0.1, 0.15) is 11.6 Å². The van der Waals surface area contributed by atoms with Gasteiger partial charge in [0.2, 0.25) is 5.91 Å². The van der Waals surface area contributed by atoms with Crippen LogP contribution >= 0.6 is 0 Å². The summed E-state index contributed by atoms with van der Waals surface area (Å²) in [5, 5.41) is 0. The summed E-state index contributed by atoms with van der Waals surface area (Å²) in [6.07, 6.45) is -2.71. The number of anilines is 1. The fraction of sp³-hybridized carbons (Fsp3) is 0.478. The number of hydrogen-bond acceptors (Lipinski definition) is 5. The molecule has 2 aromatic rings. The Morgan fingerprint density at radius 3 is 2.47 bits per heavy atom. The molecule has 1 fully saturated rings. The Morgan fingerprint density at radius 2 is 1.84 bits per heavy atom. The average Bonchev–Trinajstić information content (AvgIpc) is 3.00. The number of hydrogen-bond donors (Lipinski definition) is 0. The first-order valence-corrected chi connectivity index (χ1v) is 10.7. The summed E-state index contributed by atoms with van der Waals surface area (Å²) in [6, 6.07) is 10.2. The van der Waals surface area contributed by atoms with Gasteiger partial charge >= 0.3 is 6.18 Å². The van der Waals surface area contributed by atoms with E-state index in [-0.39, 0.29) is 5.91 Å². The Hall–Kier alpha value is -2.81. The van der Waals surface area contributed by atoms with E-state index in [1.165, 1.54) is 6.07 Å². The fourth-order valence-corrected chi connectivity index (χ4v) is 3.63. The van der Waals surface area contributed by atoms with Crippen LogP contribution in [-0.2, 0) is 17.5 Å². The third-order valence-corrected chi connectivity index (χ3v) is 5.43. The van der Waals surface area contributed by atoms with E-state index < -0.39 is 11.7 Å². The van der Waals surface area contributed by atoms with Crippen molar-refractivity contribution in [3.63, 3.8) is 0 Å². The Labute approximate surface area is 186 Å². The third kappa shape index (κ3) is 6.59. The summed E-state index contributed by atoms with van der Waals surface area (Å²) >= 11 is 0. The van der Waals surface area contributed by atoms with Crippen molar-refractivity contribution in [3.05, 3.63) is 53.7 Å². The SMILES string of the molecule is CCOc1ccc(CN(C)C(=O)CN2CCCN(c3ccc(C(F)(F)F)cn3)CC2)cc1. The first kappa shape index (κ1) is 23.8. The quantitative estimate of drug-likeness (QED) is 0.644. The van der Waals surface area contributed by atoms with Crippen LogP contribution in [0.15, 0.2) is 42.6 Å². The Kier molecular flexibility index (Phi) is 7.95. The standard InChI is InChI=1S/C23H29F3N4O2/c1-3-32-20-8-5-18(6-9-20)16-28(2)22(31)17-29-11-4-12-30(14-13-29)21-10-7-19(15-27-21)23(24,25)26/h5-10,15H,3-4,11-14,16-17H2,1-2H3. The molecule has 32 heavy (non-hydrogen) atoms. The van der Waals surface area contributed by atoms with Gasteiger partial charge in [0.25, 0.3) is 0 Å². The number of halogens is 3. The van der Waals surface area contributed by atoms with Crippen molar-refractivity contribution < 1.29 is 22.7 Å². The molecule has 1 amide bonds. The van der Waals surface area contributed by atoms with Crippen LogP contribution in [0.5, 0.6) is 5.75 Å². The molecule has 1 aliphatic heterocycles. The molecule has 0 spiro atoms. The number of amides is 1. The number of likely N-dealkylation sites (N-methyl/N-ethyl adjacent to an activating group) is 1. The maximum atomic E-state index is 12.7. The highest BCUT2D eigenvalue weighted by Gasteiger charge is 2.31. The number of pyridine rings is 1. The largest absolute Gasteiger partial charge is 0.494 e. The van der Waals surface area contributed by atoms with Gasteiger partial charge in [0.05, 0.1) is 18.7 Å². The number of alkyl halides is 3. The lowest BCUT2D eigenvalue weighted by Gasteiger charge is -2.25. The molecule has 1 saturated heterocycles. The van der Waals surface area contributed by atoms with Crippen molar-refractivity contribution in [2.75, 3.05) is 51.3 Å². The smallest absolute Gasteiger partial charge is 0.417 e. The van der Waals surface area contributed by atoms with Gasteiger partial charge in [-0.05, 0) is 43.2 Å². The lowest BCUT2D eigenvalue weighted by molar-refractivity contribution is -0.137. The van der Waals surface area contributed by atoms with E-state index in [1.807, 2.05) is 36.1 Å². The molecule has 0 atom stereocenters. The minimum atomic E-state index is -4.39. The number of carbonyl (C=O) groups excluding carboxylic acids is 1. The number of carbonyl (C=O) groups is 1. The summed E-state index contributed by atoms with van der Waals surface area (Å²) in [5.41, 5.74) is 0.276. The summed E-state index contributed by atoms with van der Waals surface area (Å²) in [7, 11) is 1.79. The van der Waals surface area contributed by atoms with Gasteiger partial charge in [-0.2, -0.15) is 13.2 Å². The van der Waals surface area contributed by atoms with Crippen molar-refractivity contribution in [2.45, 2.75) is 26.1 Å². The molecule has 1 aromatic carbocycles. The van der Waals surface area contributed by atoms with Crippen LogP contribution in [0.4, 0.5) is 19.0 Å². The normalized spacial score (nSPS) is 15.3. The minimum absolute atomic E-state index is 0.0278. The topological polar surface area (TPSA) is 48.9 Å². The Balaban J connectivity index is 1.50. The molecular formula is C23H29F3N4O2. The molecule has 2 heterocycles. The highest BCUT2D eigenvalue weighted by atomic mass is 19.4. The van der Waals surface area contributed by atoms with Crippen molar-refractivity contribution in [1.82, 2.24) is 14.8 Å². The van der Waals surface area contributed by atoms with Crippen molar-refractivity contribution >= 4 is 11.7 Å². The third-order valence-electron chi connectivity index (χ3n) is 5.43. The predicted molar refractivity (Wildman–Crippen MR) is 117 cm³/mol. The monoisotopic (exact) mass is 450 g/mol. The predicted octanol–water partition coefficient (Wildman–Crippen LogP) is 3.67. The second-order valence-electron chi connectivity index (χ2n) is 7.85. The average molecular weight is 451 g/mol.